The predicted molar refractivity (Wildman–Crippen MR) is 64.4 cm³/mol. The van der Waals surface area contributed by atoms with E-state index in [1.54, 1.807) is 6.92 Å². The Morgan fingerprint density at radius 1 is 1.50 bits per heavy atom. The smallest absolute Gasteiger partial charge is 0.340 e. The van der Waals surface area contributed by atoms with Crippen LogP contribution in [0.15, 0.2) is 12.1 Å². The Hall–Kier alpha value is -1.82. The summed E-state index contributed by atoms with van der Waals surface area (Å²) < 4.78 is 23.2. The summed E-state index contributed by atoms with van der Waals surface area (Å²) in [6.45, 7) is 2.12. The highest BCUT2D eigenvalue weighted by atomic mass is 19.1. The number of aromatic hydroxyl groups is 1. The van der Waals surface area contributed by atoms with Gasteiger partial charge in [0.15, 0.2) is 5.82 Å². The second kappa shape index (κ2) is 6.20. The number of carbonyl (C=O) groups excluding carboxylic acids is 1. The number of ether oxygens (including phenoxy) is 2. The van der Waals surface area contributed by atoms with E-state index in [9.17, 15) is 14.3 Å². The Labute approximate surface area is 105 Å². The second-order valence-electron chi connectivity index (χ2n) is 3.84. The van der Waals surface area contributed by atoms with E-state index in [1.165, 1.54) is 14.2 Å². The van der Waals surface area contributed by atoms with Crippen molar-refractivity contribution >= 4 is 11.7 Å². The highest BCUT2D eigenvalue weighted by Crippen LogP contribution is 2.26. The number of nitrogens with one attached hydrogen (secondary N) is 1. The molecule has 0 amide bonds. The lowest BCUT2D eigenvalue weighted by Gasteiger charge is -2.17. The SMILES string of the molecule is COC[C@H](C)Nc1c(F)cc(O)cc1C(=O)OC. The average molecular weight is 257 g/mol. The molecular formula is C12H16FNO4. The molecule has 0 aliphatic rings. The van der Waals surface area contributed by atoms with E-state index in [0.29, 0.717) is 6.61 Å². The van der Waals surface area contributed by atoms with Gasteiger partial charge in [-0.2, -0.15) is 0 Å². The fourth-order valence-electron chi connectivity index (χ4n) is 1.55. The van der Waals surface area contributed by atoms with Crippen molar-refractivity contribution in [3.05, 3.63) is 23.5 Å². The molecule has 0 fully saturated rings. The quantitative estimate of drug-likeness (QED) is 0.621. The molecule has 0 bridgehead atoms. The van der Waals surface area contributed by atoms with E-state index in [4.69, 9.17) is 4.74 Å². The minimum absolute atomic E-state index is 0.01000. The molecule has 0 aromatic heterocycles. The molecule has 0 aliphatic heterocycles. The van der Waals surface area contributed by atoms with Crippen molar-refractivity contribution in [2.45, 2.75) is 13.0 Å². The molecule has 18 heavy (non-hydrogen) atoms. The Balaban J connectivity index is 3.11. The molecule has 1 atom stereocenters. The molecule has 0 unspecified atom stereocenters. The van der Waals surface area contributed by atoms with Gasteiger partial charge in [-0.15, -0.1) is 0 Å². The Kier molecular flexibility index (Phi) is 4.91. The van der Waals surface area contributed by atoms with Gasteiger partial charge in [0, 0.05) is 19.2 Å². The summed E-state index contributed by atoms with van der Waals surface area (Å²) >= 11 is 0. The number of esters is 1. The van der Waals surface area contributed by atoms with Crippen LogP contribution in [0.4, 0.5) is 10.1 Å². The number of hydrogen-bond acceptors (Lipinski definition) is 5. The lowest BCUT2D eigenvalue weighted by molar-refractivity contribution is 0.0600. The monoisotopic (exact) mass is 257 g/mol. The van der Waals surface area contributed by atoms with Gasteiger partial charge in [0.05, 0.1) is 25.0 Å². The molecule has 1 rings (SSSR count). The third kappa shape index (κ3) is 3.33. The van der Waals surface area contributed by atoms with Gasteiger partial charge < -0.3 is 19.9 Å². The van der Waals surface area contributed by atoms with Crippen LogP contribution in [0.3, 0.4) is 0 Å². The molecule has 0 saturated carbocycles. The van der Waals surface area contributed by atoms with Gasteiger partial charge in [0.1, 0.15) is 5.75 Å². The van der Waals surface area contributed by atoms with Gasteiger partial charge in [-0.25, -0.2) is 9.18 Å². The van der Waals surface area contributed by atoms with Gasteiger partial charge in [-0.05, 0) is 13.0 Å². The highest BCUT2D eigenvalue weighted by Gasteiger charge is 2.19. The number of methoxy groups -OCH3 is 2. The Morgan fingerprint density at radius 3 is 2.72 bits per heavy atom. The highest BCUT2D eigenvalue weighted by molar-refractivity contribution is 5.96. The zero-order chi connectivity index (χ0) is 13.7. The fraction of sp³-hybridized carbons (Fsp3) is 0.417. The van der Waals surface area contributed by atoms with Crippen LogP contribution < -0.4 is 5.32 Å². The lowest BCUT2D eigenvalue weighted by atomic mass is 10.1. The lowest BCUT2D eigenvalue weighted by Crippen LogP contribution is -2.23. The predicted octanol–water partition coefficient (Wildman–Crippen LogP) is 1.76. The molecule has 2 N–H and O–H groups in total. The number of carbonyl (C=O) groups is 1. The molecule has 0 aliphatic carbocycles. The maximum absolute atomic E-state index is 13.7. The van der Waals surface area contributed by atoms with Crippen LogP contribution in [0.25, 0.3) is 0 Å². The number of phenols is 1. The summed E-state index contributed by atoms with van der Waals surface area (Å²) in [4.78, 5) is 11.5. The van der Waals surface area contributed by atoms with Crippen LogP contribution in [0.1, 0.15) is 17.3 Å². The maximum atomic E-state index is 13.7. The van der Waals surface area contributed by atoms with Crippen LogP contribution >= 0.6 is 0 Å². The average Bonchev–Trinajstić information content (AvgIpc) is 2.31. The van der Waals surface area contributed by atoms with Crippen LogP contribution in [0.5, 0.6) is 5.75 Å². The van der Waals surface area contributed by atoms with E-state index < -0.39 is 11.8 Å². The molecule has 1 aromatic rings. The van der Waals surface area contributed by atoms with E-state index in [0.717, 1.165) is 12.1 Å². The molecule has 6 heteroatoms. The van der Waals surface area contributed by atoms with Gasteiger partial charge >= 0.3 is 5.97 Å². The Bertz CT molecular complexity index is 436. The minimum Gasteiger partial charge on any atom is -0.508 e. The largest absolute Gasteiger partial charge is 0.508 e. The summed E-state index contributed by atoms with van der Waals surface area (Å²) in [7, 11) is 2.71. The zero-order valence-electron chi connectivity index (χ0n) is 10.5. The molecule has 0 spiro atoms. The van der Waals surface area contributed by atoms with Gasteiger partial charge in [0.2, 0.25) is 0 Å². The molecule has 1 aromatic carbocycles. The fourth-order valence-corrected chi connectivity index (χ4v) is 1.55. The van der Waals surface area contributed by atoms with Crippen molar-refractivity contribution in [3.63, 3.8) is 0 Å². The van der Waals surface area contributed by atoms with Gasteiger partial charge in [0.25, 0.3) is 0 Å². The zero-order valence-corrected chi connectivity index (χ0v) is 10.5. The number of hydrogen-bond donors (Lipinski definition) is 2. The maximum Gasteiger partial charge on any atom is 0.340 e. The van der Waals surface area contributed by atoms with Gasteiger partial charge in [-0.3, -0.25) is 0 Å². The number of anilines is 1. The van der Waals surface area contributed by atoms with Crippen LogP contribution in [0, 0.1) is 5.82 Å². The standard InChI is InChI=1S/C12H16FNO4/c1-7(6-17-2)14-11-9(12(16)18-3)4-8(15)5-10(11)13/h4-5,7,14-15H,6H2,1-3H3/t7-/m0/s1. The number of phenolic OH excluding ortho intramolecular Hbond substituents is 1. The number of rotatable bonds is 5. The molecule has 0 saturated heterocycles. The first kappa shape index (κ1) is 14.2. The van der Waals surface area contributed by atoms with E-state index >= 15 is 0 Å². The van der Waals surface area contributed by atoms with Crippen molar-refractivity contribution < 1.29 is 23.8 Å². The summed E-state index contributed by atoms with van der Waals surface area (Å²) in [5.41, 5.74) is -0.0675. The third-order valence-electron chi connectivity index (χ3n) is 2.29. The van der Waals surface area contributed by atoms with Crippen molar-refractivity contribution in [2.24, 2.45) is 0 Å². The number of halogens is 1. The topological polar surface area (TPSA) is 67.8 Å². The summed E-state index contributed by atoms with van der Waals surface area (Å²) in [6, 6.07) is 1.88. The summed E-state index contributed by atoms with van der Waals surface area (Å²) in [5, 5.41) is 12.1. The first-order valence-electron chi connectivity index (χ1n) is 5.35. The van der Waals surface area contributed by atoms with Crippen LogP contribution in [-0.2, 0) is 9.47 Å². The second-order valence-corrected chi connectivity index (χ2v) is 3.84. The van der Waals surface area contributed by atoms with Crippen molar-refractivity contribution in [1.82, 2.24) is 0 Å². The van der Waals surface area contributed by atoms with E-state index in [2.05, 4.69) is 10.1 Å². The van der Waals surface area contributed by atoms with Crippen LogP contribution in [0.2, 0.25) is 0 Å². The third-order valence-corrected chi connectivity index (χ3v) is 2.29. The van der Waals surface area contributed by atoms with E-state index in [1.807, 2.05) is 0 Å². The molecule has 0 radical (unpaired) electrons. The first-order valence-corrected chi connectivity index (χ1v) is 5.35. The number of benzene rings is 1. The van der Waals surface area contributed by atoms with Gasteiger partial charge in [-0.1, -0.05) is 0 Å². The minimum atomic E-state index is -0.725. The van der Waals surface area contributed by atoms with Crippen molar-refractivity contribution in [1.29, 1.82) is 0 Å². The van der Waals surface area contributed by atoms with Crippen molar-refractivity contribution in [3.8, 4) is 5.75 Å². The normalized spacial score (nSPS) is 12.0. The first-order chi connectivity index (χ1) is 8.49. The summed E-state index contributed by atoms with van der Waals surface area (Å²) in [6.07, 6.45) is 0. The molecule has 5 nitrogen and oxygen atoms in total. The molecule has 100 valence electrons. The summed E-state index contributed by atoms with van der Waals surface area (Å²) in [5.74, 6) is -1.78. The molecule has 0 heterocycles. The van der Waals surface area contributed by atoms with Crippen molar-refractivity contribution in [2.75, 3.05) is 26.1 Å². The van der Waals surface area contributed by atoms with E-state index in [-0.39, 0.29) is 23.0 Å². The molecular weight excluding hydrogens is 241 g/mol. The van der Waals surface area contributed by atoms with Crippen LogP contribution in [-0.4, -0.2) is 37.9 Å². The Morgan fingerprint density at radius 2 is 2.17 bits per heavy atom.